The summed E-state index contributed by atoms with van der Waals surface area (Å²) in [5.74, 6) is 12.9. The van der Waals surface area contributed by atoms with Crippen LogP contribution in [-0.2, 0) is 0 Å². The van der Waals surface area contributed by atoms with Gasteiger partial charge < -0.3 is 0 Å². The standard InChI is InChI=1S/C31H22S/c1-19-18-20-14-17-29-31(27-12-6-7-13-28(27)32-29)30(20)21(19)15-16-26-24-10-4-2-8-22(24)23-9-3-5-11-25(23)26/h2-14,17-18H,15-16H2,1H3. The van der Waals surface area contributed by atoms with Gasteiger partial charge in [0.05, 0.1) is 0 Å². The lowest BCUT2D eigenvalue weighted by Crippen LogP contribution is -2.17. The molecule has 0 amide bonds. The van der Waals surface area contributed by atoms with Crippen LogP contribution in [0.15, 0.2) is 78.9 Å². The molecule has 0 atom stereocenters. The van der Waals surface area contributed by atoms with Crippen LogP contribution in [0.1, 0.15) is 30.2 Å². The summed E-state index contributed by atoms with van der Waals surface area (Å²) in [6.45, 7) is 2.29. The summed E-state index contributed by atoms with van der Waals surface area (Å²) in [4.78, 5) is 1.40. The zero-order valence-corrected chi connectivity index (χ0v) is 18.8. The van der Waals surface area contributed by atoms with Gasteiger partial charge in [-0.2, -0.15) is 0 Å². The molecule has 32 heavy (non-hydrogen) atoms. The summed E-state index contributed by atoms with van der Waals surface area (Å²) in [6.07, 6.45) is 26.9. The number of hydrogen-bond acceptors (Lipinski definition) is 1. The molecule has 7 rings (SSSR count). The molecule has 0 aliphatic heterocycles. The fraction of sp³-hybridized carbons (Fsp3) is 0.0968. The lowest BCUT2D eigenvalue weighted by Gasteiger charge is -2.29. The molecular weight excluding hydrogens is 404 g/mol. The minimum Gasteiger partial charge on any atom is -0.136 e. The zero-order chi connectivity index (χ0) is 21.2. The Morgan fingerprint density at radius 3 is 2.09 bits per heavy atom. The van der Waals surface area contributed by atoms with E-state index < -0.39 is 0 Å². The predicted octanol–water partition coefficient (Wildman–Crippen LogP) is 7.73. The molecule has 0 spiro atoms. The summed E-state index contributed by atoms with van der Waals surface area (Å²) in [7, 11) is 0. The Morgan fingerprint density at radius 1 is 0.688 bits per heavy atom. The normalized spacial score (nSPS) is 25.3. The highest BCUT2D eigenvalue weighted by Crippen LogP contribution is 2.62. The van der Waals surface area contributed by atoms with Crippen molar-refractivity contribution < 1.29 is 0 Å². The largest absolute Gasteiger partial charge is 0.136 e. The van der Waals surface area contributed by atoms with Gasteiger partial charge in [0.15, 0.2) is 0 Å². The number of fused-ring (bicyclic) bond motifs is 8. The van der Waals surface area contributed by atoms with E-state index in [4.69, 9.17) is 0 Å². The Labute approximate surface area is 196 Å². The van der Waals surface area contributed by atoms with Gasteiger partial charge >= 0.3 is 0 Å². The van der Waals surface area contributed by atoms with Gasteiger partial charge in [0, 0.05) is 45.1 Å². The molecule has 2 aromatic rings. The Kier molecular flexibility index (Phi) is 4.51. The van der Waals surface area contributed by atoms with Crippen molar-refractivity contribution in [2.75, 3.05) is 0 Å². The lowest BCUT2D eigenvalue weighted by molar-refractivity contribution is 0.752. The van der Waals surface area contributed by atoms with Crippen LogP contribution >= 0.6 is 11.3 Å². The molecule has 152 valence electrons. The van der Waals surface area contributed by atoms with Crippen LogP contribution < -0.4 is 0 Å². The number of benzene rings is 1. The van der Waals surface area contributed by atoms with E-state index in [-0.39, 0.29) is 0 Å². The Morgan fingerprint density at radius 2 is 1.34 bits per heavy atom. The second kappa shape index (κ2) is 7.45. The fourth-order valence-corrected chi connectivity index (χ4v) is 6.86. The number of hydrogen-bond donors (Lipinski definition) is 0. The molecule has 1 aromatic heterocycles. The van der Waals surface area contributed by atoms with Gasteiger partial charge in [0.1, 0.15) is 0 Å². The molecule has 10 radical (unpaired) electrons. The van der Waals surface area contributed by atoms with E-state index in [9.17, 15) is 0 Å². The van der Waals surface area contributed by atoms with Gasteiger partial charge in [0.25, 0.3) is 0 Å². The highest BCUT2D eigenvalue weighted by Gasteiger charge is 2.51. The van der Waals surface area contributed by atoms with E-state index in [0.717, 1.165) is 12.8 Å². The Bertz CT molecular complexity index is 1150. The quantitative estimate of drug-likeness (QED) is 0.471. The number of thiophene rings is 1. The summed E-state index contributed by atoms with van der Waals surface area (Å²) in [6, 6.07) is 8.87. The molecule has 1 heterocycles. The average molecular weight is 427 g/mol. The van der Waals surface area contributed by atoms with Crippen molar-refractivity contribution in [1.82, 2.24) is 0 Å². The third-order valence-corrected chi connectivity index (χ3v) is 8.28. The second-order valence-corrected chi connectivity index (χ2v) is 9.96. The molecule has 1 heteroatoms. The van der Waals surface area contributed by atoms with E-state index in [1.54, 1.807) is 0 Å². The smallest absolute Gasteiger partial charge is 0.0352 e. The van der Waals surface area contributed by atoms with E-state index in [2.05, 4.69) is 98.4 Å². The van der Waals surface area contributed by atoms with Crippen molar-refractivity contribution in [1.29, 1.82) is 0 Å². The minimum atomic E-state index is 1.06. The molecule has 0 saturated heterocycles. The van der Waals surface area contributed by atoms with Gasteiger partial charge in [0.2, 0.25) is 0 Å². The van der Waals surface area contributed by atoms with Crippen LogP contribution in [0.3, 0.4) is 0 Å². The first kappa shape index (κ1) is 19.4. The highest BCUT2D eigenvalue weighted by molar-refractivity contribution is 7.20. The predicted molar refractivity (Wildman–Crippen MR) is 135 cm³/mol. The summed E-state index contributed by atoms with van der Waals surface area (Å²) < 4.78 is 1.38. The highest BCUT2D eigenvalue weighted by atomic mass is 32.1. The fourth-order valence-electron chi connectivity index (χ4n) is 5.74. The van der Waals surface area contributed by atoms with Gasteiger partial charge in [-0.25, -0.2) is 0 Å². The van der Waals surface area contributed by atoms with Crippen molar-refractivity contribution in [3.8, 4) is 0 Å². The first-order valence-electron chi connectivity index (χ1n) is 11.3. The topological polar surface area (TPSA) is 0 Å². The van der Waals surface area contributed by atoms with Gasteiger partial charge in [-0.05, 0) is 60.1 Å². The van der Waals surface area contributed by atoms with E-state index in [0.29, 0.717) is 0 Å². The number of rotatable bonds is 3. The van der Waals surface area contributed by atoms with Crippen LogP contribution in [0.5, 0.6) is 0 Å². The van der Waals surface area contributed by atoms with Crippen molar-refractivity contribution in [3.05, 3.63) is 149 Å². The Balaban J connectivity index is 1.20. The molecule has 5 aliphatic carbocycles. The zero-order valence-electron chi connectivity index (χ0n) is 18.0. The van der Waals surface area contributed by atoms with Gasteiger partial charge in [-0.1, -0.05) is 79.8 Å². The van der Waals surface area contributed by atoms with E-state index in [1.807, 2.05) is 11.3 Å². The van der Waals surface area contributed by atoms with Gasteiger partial charge in [-0.3, -0.25) is 0 Å². The monoisotopic (exact) mass is 426 g/mol. The maximum atomic E-state index is 2.39. The average Bonchev–Trinajstić information content (AvgIpc) is 3.46. The van der Waals surface area contributed by atoms with Crippen LogP contribution in [0.25, 0.3) is 16.2 Å². The molecule has 0 N–H and O–H groups in total. The van der Waals surface area contributed by atoms with E-state index >= 15 is 0 Å². The maximum absolute atomic E-state index is 2.39. The van der Waals surface area contributed by atoms with Gasteiger partial charge in [-0.15, -0.1) is 11.3 Å². The van der Waals surface area contributed by atoms with Crippen molar-refractivity contribution >= 4 is 27.5 Å². The maximum Gasteiger partial charge on any atom is 0.0352 e. The third-order valence-electron chi connectivity index (χ3n) is 7.14. The second-order valence-electron chi connectivity index (χ2n) is 8.88. The van der Waals surface area contributed by atoms with Crippen molar-refractivity contribution in [2.45, 2.75) is 19.8 Å². The minimum absolute atomic E-state index is 1.06. The molecule has 0 unspecified atom stereocenters. The van der Waals surface area contributed by atoms with Crippen molar-refractivity contribution in [3.63, 3.8) is 0 Å². The first-order chi connectivity index (χ1) is 15.8. The lowest BCUT2D eigenvalue weighted by atomic mass is 9.73. The van der Waals surface area contributed by atoms with Crippen LogP contribution in [0.4, 0.5) is 0 Å². The third kappa shape index (κ3) is 2.80. The van der Waals surface area contributed by atoms with Crippen LogP contribution in [0, 0.1) is 59.7 Å². The van der Waals surface area contributed by atoms with Crippen LogP contribution in [0.2, 0.25) is 0 Å². The first-order valence-corrected chi connectivity index (χ1v) is 12.2. The number of allylic oxidation sites excluding steroid dienone is 9. The summed E-state index contributed by atoms with van der Waals surface area (Å²) in [5, 5.41) is 1.40. The molecular formula is C31H22S. The molecule has 2 fully saturated rings. The van der Waals surface area contributed by atoms with Crippen LogP contribution in [-0.4, -0.2) is 0 Å². The molecule has 2 saturated carbocycles. The van der Waals surface area contributed by atoms with Crippen molar-refractivity contribution in [2.24, 2.45) is 0 Å². The molecule has 5 aliphatic rings. The Hall–Kier alpha value is -2.12. The summed E-state index contributed by atoms with van der Waals surface area (Å²) >= 11 is 1.91. The summed E-state index contributed by atoms with van der Waals surface area (Å²) in [5.41, 5.74) is 1.45. The molecule has 1 aromatic carbocycles. The molecule has 0 bridgehead atoms. The van der Waals surface area contributed by atoms with E-state index in [1.165, 1.54) is 73.8 Å². The molecule has 0 nitrogen and oxygen atoms in total. The SMILES string of the molecule is C[C]1[CH][C]2C=Cc3sc4ccccc4c3[C]2[C]1CC[C]1[C]2C=CC=C[C]2[C]2C=CC=C[C]21.